The molecule has 0 atom stereocenters. The van der Waals surface area contributed by atoms with Crippen LogP contribution in [0.5, 0.6) is 0 Å². The maximum absolute atomic E-state index is 12.8. The largest absolute Gasteiger partial charge is 0.369 e. The molecule has 3 N–H and O–H groups in total. The second-order valence-electron chi connectivity index (χ2n) is 8.14. The first-order valence-electron chi connectivity index (χ1n) is 11.1. The smallest absolute Gasteiger partial charge is 0.363 e. The summed E-state index contributed by atoms with van der Waals surface area (Å²) in [7, 11) is 0. The third-order valence-electron chi connectivity index (χ3n) is 5.76. The molecule has 2 aliphatic heterocycles. The fraction of sp³-hybridized carbons (Fsp3) is 0.435. The molecule has 3 amide bonds. The molecule has 1 aromatic heterocycles. The number of nitrogens with one attached hydrogen (secondary N) is 1. The molecular weight excluding hydrogens is 428 g/mol. The van der Waals surface area contributed by atoms with Crippen molar-refractivity contribution in [1.29, 1.82) is 0 Å². The highest BCUT2D eigenvalue weighted by atomic mass is 32.1. The Morgan fingerprint density at radius 1 is 0.906 bits per heavy atom. The number of hydroxylamine groups is 2. The van der Waals surface area contributed by atoms with Crippen LogP contribution in [-0.2, 0) is 4.84 Å². The van der Waals surface area contributed by atoms with Crippen molar-refractivity contribution < 1.29 is 19.2 Å². The van der Waals surface area contributed by atoms with Gasteiger partial charge in [-0.2, -0.15) is 0 Å². The minimum atomic E-state index is -0.746. The standard InChI is InChI=1S/C23H28N4O4S/c24-23(30)25-18-15-19(32-20(18)22(29)31-27-13-5-2-6-14-27)16-7-9-17(10-8-16)21(28)26-11-3-1-4-12-26/h7-10,15H,1-6,11-14H2,(H3,24,25,30). The van der Waals surface area contributed by atoms with Gasteiger partial charge in [0.25, 0.3) is 5.91 Å². The molecule has 0 radical (unpaired) electrons. The van der Waals surface area contributed by atoms with Crippen LogP contribution in [0.3, 0.4) is 0 Å². The van der Waals surface area contributed by atoms with E-state index in [0.717, 1.165) is 55.6 Å². The molecule has 4 rings (SSSR count). The molecule has 170 valence electrons. The van der Waals surface area contributed by atoms with Crippen LogP contribution in [0.1, 0.15) is 58.6 Å². The average molecular weight is 457 g/mol. The second-order valence-corrected chi connectivity index (χ2v) is 9.19. The summed E-state index contributed by atoms with van der Waals surface area (Å²) in [6, 6.07) is 8.29. The molecule has 0 unspecified atom stereocenters. The van der Waals surface area contributed by atoms with Gasteiger partial charge in [0.1, 0.15) is 4.88 Å². The van der Waals surface area contributed by atoms with Crippen molar-refractivity contribution in [3.05, 3.63) is 40.8 Å². The van der Waals surface area contributed by atoms with Crippen LogP contribution in [-0.4, -0.2) is 54.0 Å². The summed E-state index contributed by atoms with van der Waals surface area (Å²) >= 11 is 1.23. The van der Waals surface area contributed by atoms with E-state index >= 15 is 0 Å². The van der Waals surface area contributed by atoms with E-state index in [1.165, 1.54) is 17.8 Å². The number of hydrogen-bond donors (Lipinski definition) is 2. The monoisotopic (exact) mass is 456 g/mol. The number of amides is 3. The maximum Gasteiger partial charge on any atom is 0.369 e. The van der Waals surface area contributed by atoms with Crippen molar-refractivity contribution in [3.63, 3.8) is 0 Å². The van der Waals surface area contributed by atoms with Gasteiger partial charge in [-0.15, -0.1) is 16.4 Å². The van der Waals surface area contributed by atoms with E-state index in [1.54, 1.807) is 23.3 Å². The Hall–Kier alpha value is -2.91. The van der Waals surface area contributed by atoms with Crippen LogP contribution in [0.4, 0.5) is 10.5 Å². The number of nitrogens with zero attached hydrogens (tertiary/aromatic N) is 2. The van der Waals surface area contributed by atoms with E-state index in [2.05, 4.69) is 5.32 Å². The van der Waals surface area contributed by atoms with Crippen LogP contribution in [0.15, 0.2) is 30.3 Å². The van der Waals surface area contributed by atoms with Crippen LogP contribution < -0.4 is 11.1 Å². The average Bonchev–Trinajstić information content (AvgIpc) is 3.23. The molecular formula is C23H28N4O4S. The number of nitrogens with two attached hydrogens (primary N) is 1. The number of primary amides is 1. The number of rotatable bonds is 5. The van der Waals surface area contributed by atoms with Gasteiger partial charge in [-0.25, -0.2) is 9.59 Å². The zero-order valence-electron chi connectivity index (χ0n) is 18.0. The fourth-order valence-corrected chi connectivity index (χ4v) is 5.07. The topological polar surface area (TPSA) is 105 Å². The Kier molecular flexibility index (Phi) is 7.06. The number of urea groups is 1. The summed E-state index contributed by atoms with van der Waals surface area (Å²) in [4.78, 5) is 45.4. The molecule has 0 bridgehead atoms. The number of carbonyl (C=O) groups excluding carboxylic acids is 3. The van der Waals surface area contributed by atoms with E-state index < -0.39 is 12.0 Å². The molecule has 0 spiro atoms. The van der Waals surface area contributed by atoms with Crippen LogP contribution in [0, 0.1) is 0 Å². The fourth-order valence-electron chi connectivity index (χ4n) is 4.08. The molecule has 0 aliphatic carbocycles. The first-order chi connectivity index (χ1) is 15.5. The third-order valence-corrected chi connectivity index (χ3v) is 6.93. The van der Waals surface area contributed by atoms with E-state index in [4.69, 9.17) is 10.6 Å². The van der Waals surface area contributed by atoms with E-state index in [-0.39, 0.29) is 10.8 Å². The van der Waals surface area contributed by atoms with E-state index in [1.807, 2.05) is 17.0 Å². The van der Waals surface area contributed by atoms with Crippen molar-refractivity contribution in [2.24, 2.45) is 5.73 Å². The quantitative estimate of drug-likeness (QED) is 0.705. The minimum absolute atomic E-state index is 0.0457. The lowest BCUT2D eigenvalue weighted by atomic mass is 10.1. The van der Waals surface area contributed by atoms with Gasteiger partial charge < -0.3 is 20.8 Å². The Labute approximate surface area is 191 Å². The first kappa shape index (κ1) is 22.3. The van der Waals surface area contributed by atoms with E-state index in [0.29, 0.717) is 24.3 Å². The van der Waals surface area contributed by atoms with Gasteiger partial charge in [-0.3, -0.25) is 4.79 Å². The Bertz CT molecular complexity index is 976. The highest BCUT2D eigenvalue weighted by Crippen LogP contribution is 2.36. The summed E-state index contributed by atoms with van der Waals surface area (Å²) in [6.07, 6.45) is 6.36. The Balaban J connectivity index is 1.52. The molecule has 2 aromatic rings. The second kappa shape index (κ2) is 10.1. The molecule has 1 aromatic carbocycles. The number of benzene rings is 1. The molecule has 2 aliphatic rings. The van der Waals surface area contributed by atoms with Gasteiger partial charge in [0.2, 0.25) is 0 Å². The zero-order valence-corrected chi connectivity index (χ0v) is 18.8. The Morgan fingerprint density at radius 3 is 2.16 bits per heavy atom. The summed E-state index contributed by atoms with van der Waals surface area (Å²) in [5, 5.41) is 4.19. The number of thiophene rings is 1. The molecule has 2 saturated heterocycles. The van der Waals surface area contributed by atoms with Crippen molar-refractivity contribution in [3.8, 4) is 10.4 Å². The predicted octanol–water partition coefficient (Wildman–Crippen LogP) is 4.09. The van der Waals surface area contributed by atoms with Gasteiger partial charge >= 0.3 is 12.0 Å². The van der Waals surface area contributed by atoms with Gasteiger partial charge in [-0.1, -0.05) is 18.6 Å². The number of likely N-dealkylation sites (tertiary alicyclic amines) is 1. The molecule has 32 heavy (non-hydrogen) atoms. The number of anilines is 1. The van der Waals surface area contributed by atoms with Crippen LogP contribution in [0.2, 0.25) is 0 Å². The van der Waals surface area contributed by atoms with Gasteiger partial charge in [0.15, 0.2) is 0 Å². The van der Waals surface area contributed by atoms with E-state index in [9.17, 15) is 14.4 Å². The highest BCUT2D eigenvalue weighted by molar-refractivity contribution is 7.18. The van der Waals surface area contributed by atoms with Crippen molar-refractivity contribution in [1.82, 2.24) is 9.96 Å². The molecule has 0 saturated carbocycles. The molecule has 8 nitrogen and oxygen atoms in total. The van der Waals surface area contributed by atoms with Crippen LogP contribution in [0.25, 0.3) is 10.4 Å². The van der Waals surface area contributed by atoms with Gasteiger partial charge in [0, 0.05) is 36.6 Å². The summed E-state index contributed by atoms with van der Waals surface area (Å²) in [5.74, 6) is -0.465. The predicted molar refractivity (Wildman–Crippen MR) is 124 cm³/mol. The lowest BCUT2D eigenvalue weighted by Gasteiger charge is -2.26. The molecule has 3 heterocycles. The third kappa shape index (κ3) is 5.28. The van der Waals surface area contributed by atoms with Crippen LogP contribution >= 0.6 is 11.3 Å². The normalized spacial score (nSPS) is 17.1. The number of piperidine rings is 2. The summed E-state index contributed by atoms with van der Waals surface area (Å²) in [5.41, 5.74) is 7.11. The molecule has 9 heteroatoms. The first-order valence-corrected chi connectivity index (χ1v) is 11.9. The summed E-state index contributed by atoms with van der Waals surface area (Å²) < 4.78 is 0. The van der Waals surface area contributed by atoms with Crippen molar-refractivity contribution in [2.75, 3.05) is 31.5 Å². The Morgan fingerprint density at radius 2 is 1.53 bits per heavy atom. The minimum Gasteiger partial charge on any atom is -0.363 e. The highest BCUT2D eigenvalue weighted by Gasteiger charge is 2.24. The number of carbonyl (C=O) groups is 3. The molecule has 2 fully saturated rings. The van der Waals surface area contributed by atoms with Crippen molar-refractivity contribution >= 4 is 34.9 Å². The lowest BCUT2D eigenvalue weighted by molar-refractivity contribution is -0.119. The summed E-state index contributed by atoms with van der Waals surface area (Å²) in [6.45, 7) is 3.01. The zero-order chi connectivity index (χ0) is 22.5. The lowest BCUT2D eigenvalue weighted by Crippen LogP contribution is -2.35. The SMILES string of the molecule is NC(=O)Nc1cc(-c2ccc(C(=O)N3CCCCC3)cc2)sc1C(=O)ON1CCCCC1. The van der Waals surface area contributed by atoms with Crippen molar-refractivity contribution in [2.45, 2.75) is 38.5 Å². The number of hydrogen-bond acceptors (Lipinski definition) is 6. The van der Waals surface area contributed by atoms with Gasteiger partial charge in [0.05, 0.1) is 5.69 Å². The maximum atomic E-state index is 12.8. The van der Waals surface area contributed by atoms with Gasteiger partial charge in [-0.05, 0) is 55.9 Å².